The van der Waals surface area contributed by atoms with Gasteiger partial charge in [0.05, 0.1) is 0 Å². The maximum absolute atomic E-state index is 3.81. The molecule has 2 aromatic carbocycles. The van der Waals surface area contributed by atoms with Crippen LogP contribution in [-0.4, -0.2) is 9.97 Å². The number of hydrogen-bond donors (Lipinski definition) is 2. The highest BCUT2D eigenvalue weighted by Gasteiger charge is 2.46. The average molecular weight is 338 g/mol. The van der Waals surface area contributed by atoms with Crippen LogP contribution in [0.1, 0.15) is 42.0 Å². The molecule has 2 aromatic heterocycles. The van der Waals surface area contributed by atoms with Gasteiger partial charge in [-0.15, -0.1) is 0 Å². The zero-order chi connectivity index (χ0) is 17.3. The summed E-state index contributed by atoms with van der Waals surface area (Å²) in [6.45, 7) is 2.43. The SMILES string of the molecule is C[C@H]1CC=C[C@@H]2c3c([nH]c4ccccc34)[C@@H](c3c[nH]c4ccccc34)[C@@H]21. The standard InChI is InChI=1S/C24H22N2/c1-14-7-6-10-17-21(14)23(18-13-25-19-11-4-2-8-15(18)19)24-22(17)16-9-3-5-12-20(16)26-24/h2-6,8-14,17,21,23,25-26H,7H2,1H3/t14-,17-,21+,23-/m0/s1. The lowest BCUT2D eigenvalue weighted by Crippen LogP contribution is -2.23. The Morgan fingerprint density at radius 1 is 0.923 bits per heavy atom. The van der Waals surface area contributed by atoms with Gasteiger partial charge in [0, 0.05) is 45.5 Å². The second-order valence-electron chi connectivity index (χ2n) is 8.01. The van der Waals surface area contributed by atoms with Crippen molar-refractivity contribution in [2.24, 2.45) is 11.8 Å². The number of allylic oxidation sites excluding steroid dienone is 2. The third kappa shape index (κ3) is 1.77. The molecule has 2 aliphatic carbocycles. The average Bonchev–Trinajstić information content (AvgIpc) is 3.33. The summed E-state index contributed by atoms with van der Waals surface area (Å²) in [5.74, 6) is 2.26. The second kappa shape index (κ2) is 5.14. The normalized spacial score (nSPS) is 27.1. The number of para-hydroxylation sites is 2. The Morgan fingerprint density at radius 3 is 2.58 bits per heavy atom. The summed E-state index contributed by atoms with van der Waals surface area (Å²) in [6, 6.07) is 17.5. The predicted molar refractivity (Wildman–Crippen MR) is 108 cm³/mol. The van der Waals surface area contributed by atoms with Gasteiger partial charge in [-0.2, -0.15) is 0 Å². The van der Waals surface area contributed by atoms with Crippen LogP contribution in [0, 0.1) is 11.8 Å². The van der Waals surface area contributed by atoms with Gasteiger partial charge >= 0.3 is 0 Å². The number of rotatable bonds is 1. The molecule has 0 bridgehead atoms. The molecule has 4 aromatic rings. The first-order valence-electron chi connectivity index (χ1n) is 9.66. The van der Waals surface area contributed by atoms with E-state index < -0.39 is 0 Å². The summed E-state index contributed by atoms with van der Waals surface area (Å²) in [5, 5.41) is 2.77. The highest BCUT2D eigenvalue weighted by molar-refractivity contribution is 5.89. The fraction of sp³-hybridized carbons (Fsp3) is 0.250. The van der Waals surface area contributed by atoms with E-state index in [1.807, 2.05) is 0 Å². The van der Waals surface area contributed by atoms with Crippen molar-refractivity contribution in [3.63, 3.8) is 0 Å². The van der Waals surface area contributed by atoms with Crippen molar-refractivity contribution in [3.05, 3.63) is 83.7 Å². The van der Waals surface area contributed by atoms with Crippen LogP contribution in [0.2, 0.25) is 0 Å². The minimum atomic E-state index is 0.429. The molecule has 0 fully saturated rings. The molecule has 2 heteroatoms. The quantitative estimate of drug-likeness (QED) is 0.394. The van der Waals surface area contributed by atoms with Gasteiger partial charge in [-0.05, 0) is 41.5 Å². The van der Waals surface area contributed by atoms with Crippen LogP contribution < -0.4 is 0 Å². The molecule has 0 saturated carbocycles. The number of benzene rings is 2. The third-order valence-electron chi connectivity index (χ3n) is 6.69. The van der Waals surface area contributed by atoms with Gasteiger partial charge in [-0.25, -0.2) is 0 Å². The van der Waals surface area contributed by atoms with E-state index in [1.165, 1.54) is 45.0 Å². The summed E-state index contributed by atoms with van der Waals surface area (Å²) in [7, 11) is 0. The molecule has 0 unspecified atom stereocenters. The smallest absolute Gasteiger partial charge is 0.0459 e. The number of aromatic nitrogens is 2. The van der Waals surface area contributed by atoms with Gasteiger partial charge in [0.2, 0.25) is 0 Å². The van der Waals surface area contributed by atoms with Gasteiger partial charge in [0.1, 0.15) is 0 Å². The largest absolute Gasteiger partial charge is 0.361 e. The summed E-state index contributed by atoms with van der Waals surface area (Å²) in [5.41, 5.74) is 6.92. The number of fused-ring (bicyclic) bond motifs is 6. The summed E-state index contributed by atoms with van der Waals surface area (Å²) in [6.07, 6.45) is 8.30. The maximum atomic E-state index is 3.81. The molecule has 2 N–H and O–H groups in total. The van der Waals surface area contributed by atoms with E-state index in [1.54, 1.807) is 0 Å². The second-order valence-corrected chi connectivity index (χ2v) is 8.01. The first-order chi connectivity index (χ1) is 12.8. The number of H-pyrrole nitrogens is 2. The monoisotopic (exact) mass is 338 g/mol. The molecule has 128 valence electrons. The van der Waals surface area contributed by atoms with Crippen molar-refractivity contribution < 1.29 is 0 Å². The Kier molecular flexibility index (Phi) is 2.85. The predicted octanol–water partition coefficient (Wildman–Crippen LogP) is 6.09. The summed E-state index contributed by atoms with van der Waals surface area (Å²) in [4.78, 5) is 7.32. The van der Waals surface area contributed by atoms with Crippen LogP contribution in [-0.2, 0) is 0 Å². The van der Waals surface area contributed by atoms with Crippen LogP contribution in [0.25, 0.3) is 21.8 Å². The van der Waals surface area contributed by atoms with Crippen LogP contribution in [0.5, 0.6) is 0 Å². The highest BCUT2D eigenvalue weighted by atomic mass is 14.8. The molecule has 2 nitrogen and oxygen atoms in total. The van der Waals surface area contributed by atoms with Crippen molar-refractivity contribution in [3.8, 4) is 0 Å². The zero-order valence-electron chi connectivity index (χ0n) is 14.9. The fourth-order valence-corrected chi connectivity index (χ4v) is 5.60. The van der Waals surface area contributed by atoms with Crippen molar-refractivity contribution in [1.82, 2.24) is 9.97 Å². The Morgan fingerprint density at radius 2 is 1.69 bits per heavy atom. The van der Waals surface area contributed by atoms with E-state index in [-0.39, 0.29) is 0 Å². The molecule has 2 aliphatic rings. The van der Waals surface area contributed by atoms with Gasteiger partial charge < -0.3 is 9.97 Å². The summed E-state index contributed by atoms with van der Waals surface area (Å²) >= 11 is 0. The molecule has 4 atom stereocenters. The van der Waals surface area contributed by atoms with Crippen molar-refractivity contribution in [2.45, 2.75) is 25.2 Å². The van der Waals surface area contributed by atoms with Crippen LogP contribution in [0.15, 0.2) is 66.9 Å². The van der Waals surface area contributed by atoms with Gasteiger partial charge in [-0.1, -0.05) is 55.5 Å². The minimum absolute atomic E-state index is 0.429. The molecular weight excluding hydrogens is 316 g/mol. The van der Waals surface area contributed by atoms with Gasteiger partial charge in [0.15, 0.2) is 0 Å². The lowest BCUT2D eigenvalue weighted by atomic mass is 9.71. The van der Waals surface area contributed by atoms with E-state index in [2.05, 4.69) is 83.8 Å². The van der Waals surface area contributed by atoms with Crippen molar-refractivity contribution >= 4 is 21.8 Å². The molecule has 0 radical (unpaired) electrons. The van der Waals surface area contributed by atoms with Gasteiger partial charge in [-0.3, -0.25) is 0 Å². The molecule has 0 amide bonds. The molecule has 26 heavy (non-hydrogen) atoms. The Bertz CT molecular complexity index is 1160. The van der Waals surface area contributed by atoms with E-state index in [0.29, 0.717) is 23.7 Å². The number of nitrogens with one attached hydrogen (secondary N) is 2. The topological polar surface area (TPSA) is 31.6 Å². The molecule has 6 rings (SSSR count). The lowest BCUT2D eigenvalue weighted by molar-refractivity contribution is 0.308. The van der Waals surface area contributed by atoms with E-state index in [4.69, 9.17) is 0 Å². The molecule has 0 saturated heterocycles. The Balaban J connectivity index is 1.66. The molecule has 0 spiro atoms. The van der Waals surface area contributed by atoms with Crippen LogP contribution >= 0.6 is 0 Å². The van der Waals surface area contributed by atoms with E-state index in [9.17, 15) is 0 Å². The number of hydrogen-bond acceptors (Lipinski definition) is 0. The van der Waals surface area contributed by atoms with E-state index >= 15 is 0 Å². The third-order valence-corrected chi connectivity index (χ3v) is 6.69. The Hall–Kier alpha value is -2.74. The minimum Gasteiger partial charge on any atom is -0.361 e. The van der Waals surface area contributed by atoms with Crippen LogP contribution in [0.4, 0.5) is 0 Å². The first-order valence-corrected chi connectivity index (χ1v) is 9.66. The van der Waals surface area contributed by atoms with E-state index in [0.717, 1.165) is 0 Å². The highest BCUT2D eigenvalue weighted by Crippen LogP contribution is 2.58. The zero-order valence-corrected chi connectivity index (χ0v) is 14.9. The lowest BCUT2D eigenvalue weighted by Gasteiger charge is -2.32. The molecule has 2 heterocycles. The summed E-state index contributed by atoms with van der Waals surface area (Å²) < 4.78 is 0. The van der Waals surface area contributed by atoms with Crippen LogP contribution in [0.3, 0.4) is 0 Å². The Labute approximate surface area is 152 Å². The molecule has 0 aliphatic heterocycles. The van der Waals surface area contributed by atoms with Crippen molar-refractivity contribution in [2.75, 3.05) is 0 Å². The molecular formula is C24H22N2. The number of aromatic amines is 2. The first kappa shape index (κ1) is 14.4. The maximum Gasteiger partial charge on any atom is 0.0459 e. The van der Waals surface area contributed by atoms with Gasteiger partial charge in [0.25, 0.3) is 0 Å². The fourth-order valence-electron chi connectivity index (χ4n) is 5.60. The van der Waals surface area contributed by atoms with Crippen molar-refractivity contribution in [1.29, 1.82) is 0 Å².